The number of carbonyl (C=O) groups excluding carboxylic acids is 2. The Bertz CT molecular complexity index is 821. The Kier molecular flexibility index (Phi) is 7.83. The molecule has 29 heavy (non-hydrogen) atoms. The van der Waals surface area contributed by atoms with Gasteiger partial charge in [0.2, 0.25) is 0 Å². The predicted octanol–water partition coefficient (Wildman–Crippen LogP) is 5.64. The maximum absolute atomic E-state index is 11.5. The molecule has 0 radical (unpaired) electrons. The van der Waals surface area contributed by atoms with E-state index in [-0.39, 0.29) is 12.0 Å². The standard InChI is InChI=1S/C23H26O6/c1-5-15-26-21(24)28-19-11-7-17(8-12-19)23(3,4)18-9-13-20(14-10-18)29-22(25)27-16-6-2/h5,7-14H,1,6,15-16H2,2-4H3. The Morgan fingerprint density at radius 1 is 0.862 bits per heavy atom. The van der Waals surface area contributed by atoms with Crippen LogP contribution in [0.4, 0.5) is 9.59 Å². The molecule has 6 nitrogen and oxygen atoms in total. The van der Waals surface area contributed by atoms with Gasteiger partial charge in [0.15, 0.2) is 0 Å². The largest absolute Gasteiger partial charge is 0.514 e. The molecule has 0 aliphatic heterocycles. The highest BCUT2D eigenvalue weighted by Gasteiger charge is 2.23. The molecule has 0 saturated carbocycles. The highest BCUT2D eigenvalue weighted by molar-refractivity contribution is 5.64. The summed E-state index contributed by atoms with van der Waals surface area (Å²) in [6.45, 7) is 9.97. The van der Waals surface area contributed by atoms with Crippen molar-refractivity contribution in [3.8, 4) is 11.5 Å². The van der Waals surface area contributed by atoms with Gasteiger partial charge in [0.25, 0.3) is 0 Å². The first-order valence-corrected chi connectivity index (χ1v) is 9.38. The third-order valence-corrected chi connectivity index (χ3v) is 4.30. The van der Waals surface area contributed by atoms with E-state index < -0.39 is 12.3 Å². The van der Waals surface area contributed by atoms with Gasteiger partial charge in [-0.3, -0.25) is 0 Å². The summed E-state index contributed by atoms with van der Waals surface area (Å²) in [6.07, 6.45) is 0.727. The van der Waals surface area contributed by atoms with Gasteiger partial charge in [-0.2, -0.15) is 0 Å². The molecule has 0 amide bonds. The molecule has 0 aliphatic rings. The molecule has 0 heterocycles. The molecule has 0 saturated heterocycles. The van der Waals surface area contributed by atoms with E-state index in [1.807, 2.05) is 31.2 Å². The lowest BCUT2D eigenvalue weighted by Gasteiger charge is -2.26. The molecule has 0 N–H and O–H groups in total. The maximum atomic E-state index is 11.5. The van der Waals surface area contributed by atoms with Crippen LogP contribution in [0, 0.1) is 0 Å². The van der Waals surface area contributed by atoms with Crippen LogP contribution in [0.2, 0.25) is 0 Å². The van der Waals surface area contributed by atoms with Gasteiger partial charge in [0.1, 0.15) is 18.1 Å². The fraction of sp³-hybridized carbons (Fsp3) is 0.304. The van der Waals surface area contributed by atoms with Gasteiger partial charge >= 0.3 is 12.3 Å². The average Bonchev–Trinajstić information content (AvgIpc) is 2.71. The molecule has 154 valence electrons. The zero-order chi connectivity index (χ0) is 21.3. The van der Waals surface area contributed by atoms with E-state index in [0.29, 0.717) is 18.1 Å². The first-order valence-electron chi connectivity index (χ1n) is 9.38. The molecule has 6 heteroatoms. The first kappa shape index (κ1) is 22.0. The van der Waals surface area contributed by atoms with Crippen molar-refractivity contribution < 1.29 is 28.5 Å². The molecule has 2 aromatic carbocycles. The molecule has 0 aromatic heterocycles. The van der Waals surface area contributed by atoms with Crippen molar-refractivity contribution in [1.29, 1.82) is 0 Å². The van der Waals surface area contributed by atoms with Crippen molar-refractivity contribution in [2.45, 2.75) is 32.6 Å². The van der Waals surface area contributed by atoms with E-state index in [4.69, 9.17) is 18.9 Å². The summed E-state index contributed by atoms with van der Waals surface area (Å²) in [5, 5.41) is 0. The lowest BCUT2D eigenvalue weighted by Crippen LogP contribution is -2.19. The van der Waals surface area contributed by atoms with Gasteiger partial charge in [-0.25, -0.2) is 9.59 Å². The van der Waals surface area contributed by atoms with E-state index in [0.717, 1.165) is 17.5 Å². The second-order valence-corrected chi connectivity index (χ2v) is 6.83. The highest BCUT2D eigenvalue weighted by Crippen LogP contribution is 2.33. The number of hydrogen-bond donors (Lipinski definition) is 0. The summed E-state index contributed by atoms with van der Waals surface area (Å²) in [5.41, 5.74) is 1.74. The van der Waals surface area contributed by atoms with E-state index in [1.165, 1.54) is 6.08 Å². The van der Waals surface area contributed by atoms with Gasteiger partial charge in [-0.05, 0) is 41.8 Å². The summed E-state index contributed by atoms with van der Waals surface area (Å²) in [5.74, 6) is 0.820. The van der Waals surface area contributed by atoms with Gasteiger partial charge in [0.05, 0.1) is 6.61 Å². The zero-order valence-corrected chi connectivity index (χ0v) is 17.0. The van der Waals surface area contributed by atoms with E-state index >= 15 is 0 Å². The third-order valence-electron chi connectivity index (χ3n) is 4.30. The van der Waals surface area contributed by atoms with Gasteiger partial charge in [-0.1, -0.05) is 57.7 Å². The fourth-order valence-corrected chi connectivity index (χ4v) is 2.61. The Morgan fingerprint density at radius 3 is 1.72 bits per heavy atom. The monoisotopic (exact) mass is 398 g/mol. The second kappa shape index (κ2) is 10.3. The maximum Gasteiger partial charge on any atom is 0.514 e. The minimum atomic E-state index is -0.773. The van der Waals surface area contributed by atoms with Crippen LogP contribution in [0.3, 0.4) is 0 Å². The van der Waals surface area contributed by atoms with Crippen molar-refractivity contribution >= 4 is 12.3 Å². The Balaban J connectivity index is 2.04. The number of carbonyl (C=O) groups is 2. The van der Waals surface area contributed by atoms with Crippen LogP contribution >= 0.6 is 0 Å². The van der Waals surface area contributed by atoms with Crippen molar-refractivity contribution in [3.63, 3.8) is 0 Å². The number of rotatable bonds is 8. The second-order valence-electron chi connectivity index (χ2n) is 6.83. The van der Waals surface area contributed by atoms with Crippen LogP contribution in [-0.2, 0) is 14.9 Å². The number of hydrogen-bond acceptors (Lipinski definition) is 6. The van der Waals surface area contributed by atoms with Crippen LogP contribution in [0.5, 0.6) is 11.5 Å². The molecular weight excluding hydrogens is 372 g/mol. The summed E-state index contributed by atoms with van der Waals surface area (Å²) in [6, 6.07) is 14.5. The van der Waals surface area contributed by atoms with Crippen molar-refractivity contribution in [3.05, 3.63) is 72.3 Å². The predicted molar refractivity (Wildman–Crippen MR) is 109 cm³/mol. The molecule has 0 bridgehead atoms. The molecule has 0 aliphatic carbocycles. The van der Waals surface area contributed by atoms with Gasteiger partial charge in [0, 0.05) is 5.41 Å². The molecule has 2 aromatic rings. The van der Waals surface area contributed by atoms with E-state index in [1.54, 1.807) is 24.3 Å². The molecule has 0 unspecified atom stereocenters. The van der Waals surface area contributed by atoms with Crippen LogP contribution in [0.15, 0.2) is 61.2 Å². The van der Waals surface area contributed by atoms with E-state index in [9.17, 15) is 9.59 Å². The lowest BCUT2D eigenvalue weighted by atomic mass is 9.78. The first-order chi connectivity index (χ1) is 13.9. The van der Waals surface area contributed by atoms with Crippen molar-refractivity contribution in [2.24, 2.45) is 0 Å². The summed E-state index contributed by atoms with van der Waals surface area (Å²) >= 11 is 0. The van der Waals surface area contributed by atoms with Crippen molar-refractivity contribution in [1.82, 2.24) is 0 Å². The Labute approximate surface area is 171 Å². The third kappa shape index (κ3) is 6.38. The van der Waals surface area contributed by atoms with Crippen LogP contribution in [0.25, 0.3) is 0 Å². The molecule has 0 fully saturated rings. The normalized spacial score (nSPS) is 10.7. The van der Waals surface area contributed by atoms with Gasteiger partial charge in [-0.15, -0.1) is 0 Å². The highest BCUT2D eigenvalue weighted by atomic mass is 16.7. The fourth-order valence-electron chi connectivity index (χ4n) is 2.61. The summed E-state index contributed by atoms with van der Waals surface area (Å²) < 4.78 is 20.0. The smallest absolute Gasteiger partial charge is 0.434 e. The molecule has 0 atom stereocenters. The molecular formula is C23H26O6. The zero-order valence-electron chi connectivity index (χ0n) is 17.0. The molecule has 0 spiro atoms. The summed E-state index contributed by atoms with van der Waals surface area (Å²) in [4.78, 5) is 23.1. The van der Waals surface area contributed by atoms with Crippen LogP contribution in [-0.4, -0.2) is 25.5 Å². The summed E-state index contributed by atoms with van der Waals surface area (Å²) in [7, 11) is 0. The topological polar surface area (TPSA) is 71.1 Å². The SMILES string of the molecule is C=CCOC(=O)Oc1ccc(C(C)(C)c2ccc(OC(=O)OCCC)cc2)cc1. The quantitative estimate of drug-likeness (QED) is 0.326. The average molecular weight is 398 g/mol. The molecule has 2 rings (SSSR count). The Hall–Kier alpha value is -3.28. The minimum absolute atomic E-state index is 0.0972. The number of ether oxygens (including phenoxy) is 4. The number of benzene rings is 2. The van der Waals surface area contributed by atoms with Crippen LogP contribution < -0.4 is 9.47 Å². The van der Waals surface area contributed by atoms with Crippen LogP contribution in [0.1, 0.15) is 38.3 Å². The van der Waals surface area contributed by atoms with Crippen molar-refractivity contribution in [2.75, 3.05) is 13.2 Å². The van der Waals surface area contributed by atoms with Gasteiger partial charge < -0.3 is 18.9 Å². The lowest BCUT2D eigenvalue weighted by molar-refractivity contribution is 0.0990. The minimum Gasteiger partial charge on any atom is -0.434 e. The Morgan fingerprint density at radius 2 is 1.31 bits per heavy atom. The van der Waals surface area contributed by atoms with E-state index in [2.05, 4.69) is 20.4 Å².